The Morgan fingerprint density at radius 2 is 1.83 bits per heavy atom. The molecule has 1 amide bonds. The molecule has 29 heavy (non-hydrogen) atoms. The van der Waals surface area contributed by atoms with E-state index in [9.17, 15) is 9.59 Å². The Labute approximate surface area is 166 Å². The third-order valence-corrected chi connectivity index (χ3v) is 5.40. The van der Waals surface area contributed by atoms with Gasteiger partial charge in [0.05, 0.1) is 16.7 Å². The first-order valence-corrected chi connectivity index (χ1v) is 9.69. The number of piperazine rings is 1. The summed E-state index contributed by atoms with van der Waals surface area (Å²) in [7, 11) is 0. The maximum Gasteiger partial charge on any atom is 0.420 e. The summed E-state index contributed by atoms with van der Waals surface area (Å²) in [5.74, 6) is -0.559. The van der Waals surface area contributed by atoms with Gasteiger partial charge in [0.25, 0.3) is 0 Å². The number of fused-ring (bicyclic) bond motifs is 2. The summed E-state index contributed by atoms with van der Waals surface area (Å²) in [4.78, 5) is 28.9. The van der Waals surface area contributed by atoms with Crippen LogP contribution < -0.4 is 5.76 Å². The summed E-state index contributed by atoms with van der Waals surface area (Å²) in [5, 5.41) is 4.60. The molecule has 148 valence electrons. The SMILES string of the molecule is O=C(Cn1c(=O)oc2ccccc21)N1CCN(Cc2cc3ccccn3n2)CC1. The molecule has 8 nitrogen and oxygen atoms in total. The van der Waals surface area contributed by atoms with Crippen LogP contribution in [0.5, 0.6) is 0 Å². The monoisotopic (exact) mass is 391 g/mol. The average Bonchev–Trinajstić information content (AvgIpc) is 3.28. The molecule has 0 spiro atoms. The standard InChI is InChI=1S/C21H21N5O3/c27-20(15-25-18-6-1-2-7-19(18)29-21(25)28)24-11-9-23(10-12-24)14-16-13-17-5-3-4-8-26(17)22-16/h1-8,13H,9-12,14-15H2. The van der Waals surface area contributed by atoms with Crippen molar-refractivity contribution in [3.8, 4) is 0 Å². The van der Waals surface area contributed by atoms with Crippen molar-refractivity contribution in [1.29, 1.82) is 0 Å². The van der Waals surface area contributed by atoms with Crippen molar-refractivity contribution in [2.24, 2.45) is 0 Å². The van der Waals surface area contributed by atoms with Crippen LogP contribution in [-0.2, 0) is 17.9 Å². The Kier molecular flexibility index (Phi) is 4.40. The van der Waals surface area contributed by atoms with Crippen LogP contribution in [0.15, 0.2) is 63.9 Å². The number of amides is 1. The number of hydrogen-bond acceptors (Lipinski definition) is 5. The molecule has 5 rings (SSSR count). The molecule has 0 unspecified atom stereocenters. The average molecular weight is 391 g/mol. The third-order valence-electron chi connectivity index (χ3n) is 5.40. The van der Waals surface area contributed by atoms with Crippen LogP contribution in [0.25, 0.3) is 16.6 Å². The molecule has 0 atom stereocenters. The van der Waals surface area contributed by atoms with Gasteiger partial charge in [-0.2, -0.15) is 5.10 Å². The highest BCUT2D eigenvalue weighted by molar-refractivity contribution is 5.79. The van der Waals surface area contributed by atoms with E-state index in [1.54, 1.807) is 18.2 Å². The second kappa shape index (κ2) is 7.21. The predicted molar refractivity (Wildman–Crippen MR) is 108 cm³/mol. The molecule has 0 aliphatic carbocycles. The van der Waals surface area contributed by atoms with Gasteiger partial charge in [0.15, 0.2) is 5.58 Å². The number of aromatic nitrogens is 3. The number of pyridine rings is 1. The smallest absolute Gasteiger partial charge is 0.408 e. The predicted octanol–water partition coefficient (Wildman–Crippen LogP) is 1.59. The topological polar surface area (TPSA) is 76.0 Å². The van der Waals surface area contributed by atoms with Gasteiger partial charge in [-0.25, -0.2) is 9.31 Å². The summed E-state index contributed by atoms with van der Waals surface area (Å²) in [6.45, 7) is 3.59. The molecular weight excluding hydrogens is 370 g/mol. The molecule has 0 bridgehead atoms. The lowest BCUT2D eigenvalue weighted by Crippen LogP contribution is -2.49. The van der Waals surface area contributed by atoms with Crippen molar-refractivity contribution in [1.82, 2.24) is 24.0 Å². The summed E-state index contributed by atoms with van der Waals surface area (Å²) in [6, 6.07) is 15.2. The van der Waals surface area contributed by atoms with Crippen molar-refractivity contribution in [3.63, 3.8) is 0 Å². The zero-order valence-corrected chi connectivity index (χ0v) is 15.9. The van der Waals surface area contributed by atoms with E-state index in [1.807, 2.05) is 39.9 Å². The first-order chi connectivity index (χ1) is 14.2. The first kappa shape index (κ1) is 17.7. The van der Waals surface area contributed by atoms with Crippen LogP contribution in [0.4, 0.5) is 0 Å². The van der Waals surface area contributed by atoms with Crippen LogP contribution in [0.3, 0.4) is 0 Å². The normalized spacial score (nSPS) is 15.4. The number of carbonyl (C=O) groups excluding carboxylic acids is 1. The Hall–Kier alpha value is -3.39. The lowest BCUT2D eigenvalue weighted by molar-refractivity contribution is -0.133. The van der Waals surface area contributed by atoms with Gasteiger partial charge in [0.1, 0.15) is 6.54 Å². The summed E-state index contributed by atoms with van der Waals surface area (Å²) in [5.41, 5.74) is 3.25. The number of nitrogens with zero attached hydrogens (tertiary/aromatic N) is 5. The number of para-hydroxylation sites is 2. The minimum absolute atomic E-state index is 0.00226. The molecule has 1 fully saturated rings. The number of carbonyl (C=O) groups is 1. The highest BCUT2D eigenvalue weighted by Gasteiger charge is 2.23. The molecule has 1 saturated heterocycles. The summed E-state index contributed by atoms with van der Waals surface area (Å²) >= 11 is 0. The second-order valence-electron chi connectivity index (χ2n) is 7.28. The largest absolute Gasteiger partial charge is 0.420 e. The quantitative estimate of drug-likeness (QED) is 0.528. The van der Waals surface area contributed by atoms with E-state index in [2.05, 4.69) is 16.1 Å². The van der Waals surface area contributed by atoms with Crippen molar-refractivity contribution in [2.75, 3.05) is 26.2 Å². The Morgan fingerprint density at radius 3 is 2.66 bits per heavy atom. The molecular formula is C21H21N5O3. The molecule has 1 aliphatic rings. The third kappa shape index (κ3) is 3.42. The van der Waals surface area contributed by atoms with Crippen molar-refractivity contribution < 1.29 is 9.21 Å². The molecule has 0 saturated carbocycles. The lowest BCUT2D eigenvalue weighted by Gasteiger charge is -2.34. The summed E-state index contributed by atoms with van der Waals surface area (Å²) < 4.78 is 8.50. The van der Waals surface area contributed by atoms with Gasteiger partial charge in [-0.1, -0.05) is 18.2 Å². The van der Waals surface area contributed by atoms with E-state index in [1.165, 1.54) is 4.57 Å². The highest BCUT2D eigenvalue weighted by atomic mass is 16.4. The van der Waals surface area contributed by atoms with E-state index in [0.717, 1.165) is 30.8 Å². The van der Waals surface area contributed by atoms with Gasteiger partial charge in [-0.3, -0.25) is 14.3 Å². The number of hydrogen-bond donors (Lipinski definition) is 0. The van der Waals surface area contributed by atoms with E-state index >= 15 is 0 Å². The lowest BCUT2D eigenvalue weighted by atomic mass is 10.2. The van der Waals surface area contributed by atoms with Gasteiger partial charge in [0, 0.05) is 38.9 Å². The fourth-order valence-electron chi connectivity index (χ4n) is 3.85. The van der Waals surface area contributed by atoms with Crippen molar-refractivity contribution in [3.05, 3.63) is 71.0 Å². The maximum absolute atomic E-state index is 12.7. The molecule has 1 aliphatic heterocycles. The van der Waals surface area contributed by atoms with Crippen LogP contribution in [0, 0.1) is 0 Å². The minimum Gasteiger partial charge on any atom is -0.408 e. The number of rotatable bonds is 4. The molecule has 0 N–H and O–H groups in total. The second-order valence-corrected chi connectivity index (χ2v) is 7.28. The zero-order chi connectivity index (χ0) is 19.8. The molecule has 4 heterocycles. The van der Waals surface area contributed by atoms with E-state index in [4.69, 9.17) is 4.42 Å². The van der Waals surface area contributed by atoms with Gasteiger partial charge in [-0.05, 0) is 30.3 Å². The molecule has 0 radical (unpaired) electrons. The Morgan fingerprint density at radius 1 is 1.03 bits per heavy atom. The molecule has 3 aromatic heterocycles. The fraction of sp³-hybridized carbons (Fsp3) is 0.286. The Bertz CT molecular complexity index is 1200. The number of benzene rings is 1. The van der Waals surface area contributed by atoms with Gasteiger partial charge < -0.3 is 9.32 Å². The van der Waals surface area contributed by atoms with Crippen LogP contribution in [0.1, 0.15) is 5.69 Å². The minimum atomic E-state index is -0.495. The highest BCUT2D eigenvalue weighted by Crippen LogP contribution is 2.14. The first-order valence-electron chi connectivity index (χ1n) is 9.69. The molecule has 4 aromatic rings. The van der Waals surface area contributed by atoms with Gasteiger partial charge >= 0.3 is 5.76 Å². The summed E-state index contributed by atoms with van der Waals surface area (Å²) in [6.07, 6.45) is 1.94. The molecule has 8 heteroatoms. The van der Waals surface area contributed by atoms with E-state index < -0.39 is 5.76 Å². The fourth-order valence-corrected chi connectivity index (χ4v) is 3.85. The van der Waals surface area contributed by atoms with E-state index in [-0.39, 0.29) is 12.5 Å². The zero-order valence-electron chi connectivity index (χ0n) is 15.9. The Balaban J connectivity index is 1.21. The van der Waals surface area contributed by atoms with Crippen LogP contribution in [-0.4, -0.2) is 56.1 Å². The van der Waals surface area contributed by atoms with Crippen LogP contribution >= 0.6 is 0 Å². The van der Waals surface area contributed by atoms with Crippen molar-refractivity contribution in [2.45, 2.75) is 13.1 Å². The molecule has 1 aromatic carbocycles. The van der Waals surface area contributed by atoms with E-state index in [0.29, 0.717) is 24.2 Å². The van der Waals surface area contributed by atoms with Crippen molar-refractivity contribution >= 4 is 22.5 Å². The van der Waals surface area contributed by atoms with Gasteiger partial charge in [-0.15, -0.1) is 0 Å². The maximum atomic E-state index is 12.7. The van der Waals surface area contributed by atoms with Gasteiger partial charge in [0.2, 0.25) is 5.91 Å². The number of oxazole rings is 1. The van der Waals surface area contributed by atoms with Crippen LogP contribution in [0.2, 0.25) is 0 Å².